The van der Waals surface area contributed by atoms with Gasteiger partial charge >= 0.3 is 0 Å². The summed E-state index contributed by atoms with van der Waals surface area (Å²) in [5.74, 6) is 1.55. The summed E-state index contributed by atoms with van der Waals surface area (Å²) in [7, 11) is -4.88. The van der Waals surface area contributed by atoms with E-state index in [9.17, 15) is 8.42 Å². The van der Waals surface area contributed by atoms with E-state index in [0.29, 0.717) is 22.6 Å². The molecule has 0 heterocycles. The van der Waals surface area contributed by atoms with Crippen molar-refractivity contribution in [2.24, 2.45) is 23.2 Å². The minimum atomic E-state index is -3.28. The Balaban J connectivity index is 1.64. The van der Waals surface area contributed by atoms with Gasteiger partial charge in [-0.15, -0.1) is 0 Å². The van der Waals surface area contributed by atoms with Gasteiger partial charge in [0, 0.05) is 0 Å². The molecule has 0 unspecified atom stereocenters. The topological polar surface area (TPSA) is 43.4 Å². The Morgan fingerprint density at radius 3 is 2.29 bits per heavy atom. The number of hydrogen-bond acceptors (Lipinski definition) is 3. The Kier molecular flexibility index (Phi) is 9.41. The average molecular weight is 521 g/mol. The van der Waals surface area contributed by atoms with Crippen LogP contribution in [0, 0.1) is 23.2 Å². The van der Waals surface area contributed by atoms with E-state index in [1.165, 1.54) is 43.8 Å². The molecule has 0 bridgehead atoms. The Labute approximate surface area is 217 Å². The second kappa shape index (κ2) is 11.4. The van der Waals surface area contributed by atoms with Crippen molar-refractivity contribution in [2.75, 3.05) is 0 Å². The quantitative estimate of drug-likeness (QED) is 0.259. The molecule has 2 fully saturated rings. The van der Waals surface area contributed by atoms with E-state index < -0.39 is 18.2 Å². The standard InChI is InChI=1S/C30H52O3SSi/c1-8-35(9-2,10-3)33-29(5,6)22-14-16-24(4)26-20-21-27-28(19-15-23-30(26,27)7)34(31,32)25-17-12-11-13-18-25/h11-13,17-18,24,26-28H,8-10,14-16,19-23H2,1-7H3/t24-,26-,27+,28-,30-/m0/s1. The van der Waals surface area contributed by atoms with Crippen molar-refractivity contribution in [1.82, 2.24) is 0 Å². The molecule has 2 aliphatic rings. The first-order valence-corrected chi connectivity index (χ1v) is 18.5. The van der Waals surface area contributed by atoms with Crippen LogP contribution in [-0.2, 0) is 14.3 Å². The maximum atomic E-state index is 13.6. The number of fused-ring (bicyclic) bond motifs is 1. The van der Waals surface area contributed by atoms with Crippen molar-refractivity contribution in [2.45, 2.75) is 134 Å². The number of hydrogen-bond donors (Lipinski definition) is 0. The molecule has 3 nitrogen and oxygen atoms in total. The molecule has 0 saturated heterocycles. The second-order valence-electron chi connectivity index (χ2n) is 12.6. The molecule has 0 radical (unpaired) electrons. The molecule has 0 spiro atoms. The molecule has 0 aromatic heterocycles. The van der Waals surface area contributed by atoms with Crippen LogP contribution in [0.2, 0.25) is 18.1 Å². The molecule has 1 aromatic carbocycles. The molecular formula is C30H52O3SSi. The molecule has 5 atom stereocenters. The zero-order valence-electron chi connectivity index (χ0n) is 23.6. The van der Waals surface area contributed by atoms with Crippen molar-refractivity contribution in [3.8, 4) is 0 Å². The lowest BCUT2D eigenvalue weighted by molar-refractivity contribution is 0.0590. The fourth-order valence-electron chi connectivity index (χ4n) is 7.91. The van der Waals surface area contributed by atoms with Crippen molar-refractivity contribution in [3.63, 3.8) is 0 Å². The lowest BCUT2D eigenvalue weighted by Crippen LogP contribution is -2.45. The van der Waals surface area contributed by atoms with E-state index >= 15 is 0 Å². The predicted molar refractivity (Wildman–Crippen MR) is 151 cm³/mol. The zero-order valence-corrected chi connectivity index (χ0v) is 25.4. The van der Waals surface area contributed by atoms with Crippen LogP contribution in [0.4, 0.5) is 0 Å². The molecule has 5 heteroatoms. The molecule has 1 aromatic rings. The monoisotopic (exact) mass is 520 g/mol. The summed E-state index contributed by atoms with van der Waals surface area (Å²) in [6.07, 6.45) is 8.81. The molecule has 0 N–H and O–H groups in total. The molecule has 2 saturated carbocycles. The van der Waals surface area contributed by atoms with Crippen molar-refractivity contribution >= 4 is 18.2 Å². The van der Waals surface area contributed by atoms with Crippen molar-refractivity contribution in [1.29, 1.82) is 0 Å². The van der Waals surface area contributed by atoms with Gasteiger partial charge in [-0.1, -0.05) is 72.1 Å². The van der Waals surface area contributed by atoms with E-state index in [1.54, 1.807) is 12.1 Å². The van der Waals surface area contributed by atoms with E-state index in [0.717, 1.165) is 25.7 Å². The van der Waals surface area contributed by atoms with Crippen LogP contribution in [0.3, 0.4) is 0 Å². The Morgan fingerprint density at radius 1 is 1.06 bits per heavy atom. The smallest absolute Gasteiger partial charge is 0.192 e. The molecule has 200 valence electrons. The highest BCUT2D eigenvalue weighted by atomic mass is 32.2. The molecule has 3 rings (SSSR count). The first-order chi connectivity index (χ1) is 16.4. The van der Waals surface area contributed by atoms with Gasteiger partial charge < -0.3 is 4.43 Å². The maximum Gasteiger partial charge on any atom is 0.192 e. The summed E-state index contributed by atoms with van der Waals surface area (Å²) >= 11 is 0. The highest BCUT2D eigenvalue weighted by Gasteiger charge is 2.55. The Bertz CT molecular complexity index is 901. The highest BCUT2D eigenvalue weighted by Crippen LogP contribution is 2.60. The van der Waals surface area contributed by atoms with Gasteiger partial charge in [0.1, 0.15) is 0 Å². The van der Waals surface area contributed by atoms with E-state index in [-0.39, 0.29) is 16.3 Å². The number of benzene rings is 1. The summed E-state index contributed by atoms with van der Waals surface area (Å²) in [6.45, 7) is 16.4. The normalized spacial score (nSPS) is 28.6. The molecule has 0 amide bonds. The van der Waals surface area contributed by atoms with Crippen LogP contribution in [0.15, 0.2) is 35.2 Å². The molecular weight excluding hydrogens is 468 g/mol. The maximum absolute atomic E-state index is 13.6. The summed E-state index contributed by atoms with van der Waals surface area (Å²) in [6, 6.07) is 12.8. The van der Waals surface area contributed by atoms with Crippen molar-refractivity contribution in [3.05, 3.63) is 30.3 Å². The largest absolute Gasteiger partial charge is 0.412 e. The van der Waals surface area contributed by atoms with Gasteiger partial charge in [-0.3, -0.25) is 0 Å². The van der Waals surface area contributed by atoms with Gasteiger partial charge in [-0.05, 0) is 99.4 Å². The van der Waals surface area contributed by atoms with Gasteiger partial charge in [0.2, 0.25) is 0 Å². The minimum Gasteiger partial charge on any atom is -0.412 e. The Hall–Kier alpha value is -0.653. The first-order valence-electron chi connectivity index (χ1n) is 14.4. The zero-order chi connectivity index (χ0) is 25.9. The SMILES string of the molecule is CC[Si](CC)(CC)OC(C)(C)CCC[C@H](C)[C@@H]1CC[C@@H]2[C@@H](S(=O)(=O)c3ccccc3)CCC[C@]21C. The molecule has 2 aliphatic carbocycles. The third kappa shape index (κ3) is 6.09. The van der Waals surface area contributed by atoms with Gasteiger partial charge in [0.05, 0.1) is 15.7 Å². The summed E-state index contributed by atoms with van der Waals surface area (Å²) in [5.41, 5.74) is 0.0979. The third-order valence-corrected chi connectivity index (χ3v) is 17.3. The van der Waals surface area contributed by atoms with E-state index in [4.69, 9.17) is 4.43 Å². The van der Waals surface area contributed by atoms with Crippen molar-refractivity contribution < 1.29 is 12.8 Å². The third-order valence-electron chi connectivity index (χ3n) is 10.2. The summed E-state index contributed by atoms with van der Waals surface area (Å²) in [5, 5.41) is -0.219. The minimum absolute atomic E-state index is 0.0459. The molecule has 35 heavy (non-hydrogen) atoms. The summed E-state index contributed by atoms with van der Waals surface area (Å²) < 4.78 is 34.1. The fraction of sp³-hybridized carbons (Fsp3) is 0.800. The van der Waals surface area contributed by atoms with Gasteiger partial charge in [-0.2, -0.15) is 0 Å². The predicted octanol–water partition coefficient (Wildman–Crippen LogP) is 8.65. The second-order valence-corrected chi connectivity index (χ2v) is 19.4. The highest BCUT2D eigenvalue weighted by molar-refractivity contribution is 7.92. The van der Waals surface area contributed by atoms with Gasteiger partial charge in [-0.25, -0.2) is 8.42 Å². The first kappa shape index (κ1) is 28.9. The van der Waals surface area contributed by atoms with Gasteiger partial charge in [0.25, 0.3) is 0 Å². The van der Waals surface area contributed by atoms with Crippen LogP contribution in [-0.4, -0.2) is 27.6 Å². The van der Waals surface area contributed by atoms with Crippen LogP contribution in [0.1, 0.15) is 99.8 Å². The summed E-state index contributed by atoms with van der Waals surface area (Å²) in [4.78, 5) is 0.513. The number of sulfone groups is 1. The number of rotatable bonds is 12. The van der Waals surface area contributed by atoms with E-state index in [1.807, 2.05) is 18.2 Å². The lowest BCUT2D eigenvalue weighted by Gasteiger charge is -2.46. The average Bonchev–Trinajstić information content (AvgIpc) is 3.20. The van der Waals surface area contributed by atoms with Crippen LogP contribution < -0.4 is 0 Å². The van der Waals surface area contributed by atoms with Crippen LogP contribution in [0.25, 0.3) is 0 Å². The van der Waals surface area contributed by atoms with Crippen LogP contribution in [0.5, 0.6) is 0 Å². The van der Waals surface area contributed by atoms with Crippen LogP contribution >= 0.6 is 0 Å². The lowest BCUT2D eigenvalue weighted by atomic mass is 9.62. The molecule has 0 aliphatic heterocycles. The van der Waals surface area contributed by atoms with E-state index in [2.05, 4.69) is 48.5 Å². The fourth-order valence-corrected chi connectivity index (χ4v) is 13.4. The Morgan fingerprint density at radius 2 is 1.69 bits per heavy atom. The van der Waals surface area contributed by atoms with Gasteiger partial charge in [0.15, 0.2) is 18.2 Å².